The highest BCUT2D eigenvalue weighted by Gasteiger charge is 2.28. The molecule has 18 heavy (non-hydrogen) atoms. The van der Waals surface area contributed by atoms with Crippen molar-refractivity contribution in [2.24, 2.45) is 10.4 Å². The summed E-state index contributed by atoms with van der Waals surface area (Å²) in [5.74, 6) is 0. The van der Waals surface area contributed by atoms with Crippen LogP contribution < -0.4 is 0 Å². The van der Waals surface area contributed by atoms with Gasteiger partial charge in [0, 0.05) is 11.6 Å². The highest BCUT2D eigenvalue weighted by atomic mass is 14.7. The van der Waals surface area contributed by atoms with Crippen LogP contribution in [0.25, 0.3) is 0 Å². The van der Waals surface area contributed by atoms with Crippen molar-refractivity contribution >= 4 is 6.21 Å². The van der Waals surface area contributed by atoms with Crippen molar-refractivity contribution in [3.63, 3.8) is 0 Å². The molecule has 0 bridgehead atoms. The molecule has 1 aromatic rings. The normalized spacial score (nSPS) is 18.9. The van der Waals surface area contributed by atoms with Crippen LogP contribution >= 0.6 is 0 Å². The minimum absolute atomic E-state index is 0.300. The van der Waals surface area contributed by atoms with Gasteiger partial charge in [0.2, 0.25) is 0 Å². The van der Waals surface area contributed by atoms with Gasteiger partial charge in [0.15, 0.2) is 0 Å². The van der Waals surface area contributed by atoms with Crippen LogP contribution in [0.4, 0.5) is 0 Å². The molecule has 0 amide bonds. The molecule has 0 saturated heterocycles. The molecule has 1 aliphatic rings. The minimum Gasteiger partial charge on any atom is -0.292 e. The standard InChI is InChI=1S/C17H23N/c1-2-11-17(12-7-4-8-13-17)15-18-14-16-9-5-3-6-10-16/h2-3,5-6,9-10,15H,1,4,7-8,11-14H2. The van der Waals surface area contributed by atoms with E-state index in [1.165, 1.54) is 37.7 Å². The lowest BCUT2D eigenvalue weighted by atomic mass is 9.73. The molecule has 0 spiro atoms. The molecule has 1 nitrogen and oxygen atoms in total. The third-order valence-electron chi connectivity index (χ3n) is 3.88. The lowest BCUT2D eigenvalue weighted by molar-refractivity contribution is 0.293. The molecule has 1 aliphatic carbocycles. The number of benzene rings is 1. The Hall–Kier alpha value is -1.37. The maximum absolute atomic E-state index is 4.68. The zero-order chi connectivity index (χ0) is 12.7. The van der Waals surface area contributed by atoms with E-state index in [2.05, 4.69) is 48.1 Å². The average molecular weight is 241 g/mol. The van der Waals surface area contributed by atoms with Gasteiger partial charge in [-0.25, -0.2) is 0 Å². The van der Waals surface area contributed by atoms with Crippen LogP contribution in [0.5, 0.6) is 0 Å². The van der Waals surface area contributed by atoms with Gasteiger partial charge in [0.1, 0.15) is 0 Å². The van der Waals surface area contributed by atoms with Crippen molar-refractivity contribution in [3.8, 4) is 0 Å². The quantitative estimate of drug-likeness (QED) is 0.519. The largest absolute Gasteiger partial charge is 0.292 e. The van der Waals surface area contributed by atoms with Crippen molar-refractivity contribution in [3.05, 3.63) is 48.6 Å². The van der Waals surface area contributed by atoms with Gasteiger partial charge in [-0.3, -0.25) is 4.99 Å². The Morgan fingerprint density at radius 2 is 1.83 bits per heavy atom. The maximum atomic E-state index is 4.68. The fourth-order valence-corrected chi connectivity index (χ4v) is 2.86. The van der Waals surface area contributed by atoms with E-state index < -0.39 is 0 Å². The Morgan fingerprint density at radius 1 is 1.11 bits per heavy atom. The number of nitrogens with zero attached hydrogens (tertiary/aromatic N) is 1. The first-order valence-corrected chi connectivity index (χ1v) is 7.00. The van der Waals surface area contributed by atoms with Crippen LogP contribution in [0, 0.1) is 5.41 Å². The number of allylic oxidation sites excluding steroid dienone is 1. The van der Waals surface area contributed by atoms with Crippen LogP contribution in [-0.4, -0.2) is 6.21 Å². The third-order valence-corrected chi connectivity index (χ3v) is 3.88. The number of rotatable bonds is 5. The highest BCUT2D eigenvalue weighted by molar-refractivity contribution is 5.66. The number of hydrogen-bond donors (Lipinski definition) is 0. The molecule has 1 heteroatoms. The molecule has 0 N–H and O–H groups in total. The Kier molecular flexibility index (Phi) is 4.74. The van der Waals surface area contributed by atoms with Gasteiger partial charge in [-0.2, -0.15) is 0 Å². The fourth-order valence-electron chi connectivity index (χ4n) is 2.86. The molecule has 96 valence electrons. The molecule has 0 aromatic heterocycles. The van der Waals surface area contributed by atoms with E-state index in [9.17, 15) is 0 Å². The van der Waals surface area contributed by atoms with E-state index in [-0.39, 0.29) is 0 Å². The fraction of sp³-hybridized carbons (Fsp3) is 0.471. The summed E-state index contributed by atoms with van der Waals surface area (Å²) in [6.07, 6.45) is 12.0. The van der Waals surface area contributed by atoms with Crippen molar-refractivity contribution < 1.29 is 0 Å². The van der Waals surface area contributed by atoms with Crippen molar-refractivity contribution in [1.82, 2.24) is 0 Å². The van der Waals surface area contributed by atoms with Gasteiger partial charge < -0.3 is 0 Å². The van der Waals surface area contributed by atoms with Crippen LogP contribution in [-0.2, 0) is 6.54 Å². The summed E-state index contributed by atoms with van der Waals surface area (Å²) in [5, 5.41) is 0. The van der Waals surface area contributed by atoms with Crippen molar-refractivity contribution in [2.45, 2.75) is 45.1 Å². The number of hydrogen-bond acceptors (Lipinski definition) is 1. The van der Waals surface area contributed by atoms with Crippen molar-refractivity contribution in [1.29, 1.82) is 0 Å². The summed E-state index contributed by atoms with van der Waals surface area (Å²) < 4.78 is 0. The molecule has 2 rings (SSSR count). The summed E-state index contributed by atoms with van der Waals surface area (Å²) >= 11 is 0. The van der Waals surface area contributed by atoms with Crippen molar-refractivity contribution in [2.75, 3.05) is 0 Å². The Balaban J connectivity index is 1.98. The Labute approximate surface area is 111 Å². The first kappa shape index (κ1) is 13.1. The highest BCUT2D eigenvalue weighted by Crippen LogP contribution is 2.38. The molecule has 1 aromatic carbocycles. The second-order valence-corrected chi connectivity index (χ2v) is 5.37. The van der Waals surface area contributed by atoms with Gasteiger partial charge in [0.05, 0.1) is 6.54 Å². The molecule has 0 heterocycles. The smallest absolute Gasteiger partial charge is 0.0636 e. The third kappa shape index (κ3) is 3.56. The molecule has 0 aliphatic heterocycles. The second-order valence-electron chi connectivity index (χ2n) is 5.37. The molecular formula is C17H23N. The van der Waals surface area contributed by atoms with Gasteiger partial charge in [0.25, 0.3) is 0 Å². The average Bonchev–Trinajstić information content (AvgIpc) is 2.41. The predicted molar refractivity (Wildman–Crippen MR) is 79.0 cm³/mol. The van der Waals surface area contributed by atoms with E-state index in [1.807, 2.05) is 6.07 Å². The monoisotopic (exact) mass is 241 g/mol. The zero-order valence-electron chi connectivity index (χ0n) is 11.1. The minimum atomic E-state index is 0.300. The summed E-state index contributed by atoms with van der Waals surface area (Å²) in [4.78, 5) is 4.68. The van der Waals surface area contributed by atoms with E-state index in [0.29, 0.717) is 5.41 Å². The Bertz CT molecular complexity index is 385. The second kappa shape index (κ2) is 6.53. The SMILES string of the molecule is C=CCC1(C=NCc2ccccc2)CCCCC1. The summed E-state index contributed by atoms with van der Waals surface area (Å²) in [6.45, 7) is 4.71. The summed E-state index contributed by atoms with van der Waals surface area (Å²) in [6, 6.07) is 10.5. The lowest BCUT2D eigenvalue weighted by Gasteiger charge is -2.32. The Morgan fingerprint density at radius 3 is 2.50 bits per heavy atom. The van der Waals surface area contributed by atoms with Gasteiger partial charge >= 0.3 is 0 Å². The predicted octanol–water partition coefficient (Wildman–Crippen LogP) is 4.78. The van der Waals surface area contributed by atoms with E-state index in [1.54, 1.807) is 0 Å². The maximum Gasteiger partial charge on any atom is 0.0636 e. The summed E-state index contributed by atoms with van der Waals surface area (Å²) in [7, 11) is 0. The molecule has 1 fully saturated rings. The molecule has 1 saturated carbocycles. The first-order chi connectivity index (χ1) is 8.85. The van der Waals surface area contributed by atoms with Gasteiger partial charge in [-0.1, -0.05) is 55.7 Å². The van der Waals surface area contributed by atoms with Crippen LogP contribution in [0.2, 0.25) is 0 Å². The van der Waals surface area contributed by atoms with Gasteiger partial charge in [-0.15, -0.1) is 6.58 Å². The molecule has 0 atom stereocenters. The number of aliphatic imine (C=N–C) groups is 1. The molecule has 0 unspecified atom stereocenters. The van der Waals surface area contributed by atoms with E-state index >= 15 is 0 Å². The van der Waals surface area contributed by atoms with Crippen LogP contribution in [0.15, 0.2) is 48.0 Å². The van der Waals surface area contributed by atoms with Crippen LogP contribution in [0.1, 0.15) is 44.1 Å². The first-order valence-electron chi connectivity index (χ1n) is 7.00. The molecule has 0 radical (unpaired) electrons. The molecular weight excluding hydrogens is 218 g/mol. The van der Waals surface area contributed by atoms with Gasteiger partial charge in [-0.05, 0) is 24.8 Å². The van der Waals surface area contributed by atoms with E-state index in [4.69, 9.17) is 0 Å². The zero-order valence-corrected chi connectivity index (χ0v) is 11.1. The summed E-state index contributed by atoms with van der Waals surface area (Å²) in [5.41, 5.74) is 1.59. The van der Waals surface area contributed by atoms with E-state index in [0.717, 1.165) is 13.0 Å². The lowest BCUT2D eigenvalue weighted by Crippen LogP contribution is -2.25. The topological polar surface area (TPSA) is 12.4 Å². The van der Waals surface area contributed by atoms with Crippen LogP contribution in [0.3, 0.4) is 0 Å².